The molecule has 30 heavy (non-hydrogen) atoms. The van der Waals surface area contributed by atoms with Gasteiger partial charge < -0.3 is 18.4 Å². The lowest BCUT2D eigenvalue weighted by atomic mass is 10.1. The topological polar surface area (TPSA) is 87.6 Å². The summed E-state index contributed by atoms with van der Waals surface area (Å²) < 4.78 is 34.1. The van der Waals surface area contributed by atoms with Crippen molar-refractivity contribution < 1.29 is 27.6 Å². The zero-order valence-corrected chi connectivity index (χ0v) is 16.0. The molecule has 4 rings (SSSR count). The van der Waals surface area contributed by atoms with Crippen LogP contribution in [0.15, 0.2) is 69.6 Å². The number of aromatic nitrogens is 2. The van der Waals surface area contributed by atoms with E-state index < -0.39 is 5.97 Å². The van der Waals surface area contributed by atoms with E-state index in [4.69, 9.17) is 18.4 Å². The molecule has 152 valence electrons. The maximum Gasteiger partial charge on any atom is 0.374 e. The Balaban J connectivity index is 1.31. The molecular formula is C22H17FN2O5. The van der Waals surface area contributed by atoms with Crippen LogP contribution in [-0.4, -0.2) is 16.1 Å². The van der Waals surface area contributed by atoms with Gasteiger partial charge in [0.1, 0.15) is 23.9 Å². The first kappa shape index (κ1) is 19.4. The third-order valence-corrected chi connectivity index (χ3v) is 4.24. The quantitative estimate of drug-likeness (QED) is 0.409. The first-order valence-corrected chi connectivity index (χ1v) is 9.11. The van der Waals surface area contributed by atoms with E-state index in [9.17, 15) is 9.18 Å². The molecule has 0 aliphatic carbocycles. The van der Waals surface area contributed by atoms with Crippen LogP contribution in [0.25, 0.3) is 11.4 Å². The maximum absolute atomic E-state index is 12.9. The van der Waals surface area contributed by atoms with Crippen LogP contribution in [-0.2, 0) is 18.0 Å². The highest BCUT2D eigenvalue weighted by atomic mass is 19.1. The second kappa shape index (κ2) is 8.60. The number of hydrogen-bond acceptors (Lipinski definition) is 7. The number of halogens is 1. The average Bonchev–Trinajstić information content (AvgIpc) is 3.42. The molecule has 0 bridgehead atoms. The molecule has 0 aliphatic heterocycles. The van der Waals surface area contributed by atoms with Gasteiger partial charge in [-0.1, -0.05) is 29.4 Å². The molecule has 0 amide bonds. The van der Waals surface area contributed by atoms with Gasteiger partial charge >= 0.3 is 5.97 Å². The Morgan fingerprint density at radius 3 is 2.63 bits per heavy atom. The third kappa shape index (κ3) is 4.54. The van der Waals surface area contributed by atoms with E-state index in [0.29, 0.717) is 17.3 Å². The summed E-state index contributed by atoms with van der Waals surface area (Å²) in [7, 11) is 0. The van der Waals surface area contributed by atoms with Crippen molar-refractivity contribution in [3.63, 3.8) is 0 Å². The number of carbonyl (C=O) groups is 1. The lowest BCUT2D eigenvalue weighted by molar-refractivity contribution is 0.0390. The van der Waals surface area contributed by atoms with Crippen molar-refractivity contribution in [1.82, 2.24) is 10.1 Å². The number of hydrogen-bond donors (Lipinski definition) is 0. The molecule has 0 unspecified atom stereocenters. The number of carbonyl (C=O) groups excluding carboxylic acids is 1. The minimum atomic E-state index is -0.668. The van der Waals surface area contributed by atoms with Gasteiger partial charge in [-0.15, -0.1) is 0 Å². The van der Waals surface area contributed by atoms with Crippen LogP contribution >= 0.6 is 0 Å². The number of aryl methyl sites for hydroxylation is 1. The zero-order chi connectivity index (χ0) is 20.9. The number of furan rings is 1. The minimum Gasteiger partial charge on any atom is -0.486 e. The van der Waals surface area contributed by atoms with Crippen LogP contribution in [0.2, 0.25) is 0 Å². The number of benzene rings is 2. The normalized spacial score (nSPS) is 10.7. The predicted molar refractivity (Wildman–Crippen MR) is 103 cm³/mol. The third-order valence-electron chi connectivity index (χ3n) is 4.24. The molecule has 0 saturated carbocycles. The fourth-order valence-corrected chi connectivity index (χ4v) is 2.70. The van der Waals surface area contributed by atoms with Crippen LogP contribution in [0.1, 0.15) is 27.8 Å². The Morgan fingerprint density at radius 2 is 1.83 bits per heavy atom. The Labute approximate surface area is 171 Å². The highest BCUT2D eigenvalue weighted by Crippen LogP contribution is 2.20. The summed E-state index contributed by atoms with van der Waals surface area (Å²) in [5.41, 5.74) is 1.85. The number of nitrogens with zero attached hydrogens (tertiary/aromatic N) is 2. The van der Waals surface area contributed by atoms with E-state index in [1.54, 1.807) is 6.07 Å². The molecule has 0 fully saturated rings. The second-order valence-corrected chi connectivity index (χ2v) is 6.41. The molecule has 0 N–H and O–H groups in total. The maximum atomic E-state index is 12.9. The number of rotatable bonds is 7. The predicted octanol–water partition coefficient (Wildman–Crippen LogP) is 4.71. The Morgan fingerprint density at radius 1 is 1.03 bits per heavy atom. The highest BCUT2D eigenvalue weighted by Gasteiger charge is 2.16. The Kier molecular flexibility index (Phi) is 5.56. The smallest absolute Gasteiger partial charge is 0.374 e. The van der Waals surface area contributed by atoms with Crippen molar-refractivity contribution in [1.29, 1.82) is 0 Å². The van der Waals surface area contributed by atoms with Crippen molar-refractivity contribution in [3.05, 3.63) is 89.5 Å². The van der Waals surface area contributed by atoms with Crippen LogP contribution in [0, 0.1) is 12.7 Å². The Hall–Kier alpha value is -3.94. The summed E-state index contributed by atoms with van der Waals surface area (Å²) in [6, 6.07) is 16.3. The van der Waals surface area contributed by atoms with Gasteiger partial charge in [-0.05, 0) is 48.9 Å². The molecule has 7 nitrogen and oxygen atoms in total. The fourth-order valence-electron chi connectivity index (χ4n) is 2.70. The first-order chi connectivity index (χ1) is 14.6. The van der Waals surface area contributed by atoms with Gasteiger partial charge in [0.05, 0.1) is 0 Å². The van der Waals surface area contributed by atoms with E-state index in [1.807, 2.05) is 31.2 Å². The van der Waals surface area contributed by atoms with Crippen LogP contribution < -0.4 is 4.74 Å². The standard InChI is InChI=1S/C22H17FN2O5/c1-14-4-2-3-5-18(14)21-24-20(30-25-21)13-28-22(26)19-11-10-17(29-19)12-27-16-8-6-15(23)7-9-16/h2-11H,12-13H2,1H3. The first-order valence-electron chi connectivity index (χ1n) is 9.11. The molecule has 0 saturated heterocycles. The van der Waals surface area contributed by atoms with Gasteiger partial charge in [0.25, 0.3) is 5.89 Å². The van der Waals surface area contributed by atoms with Crippen molar-refractivity contribution in [2.24, 2.45) is 0 Å². The fraction of sp³-hybridized carbons (Fsp3) is 0.136. The lowest BCUT2D eigenvalue weighted by Crippen LogP contribution is -2.04. The summed E-state index contributed by atoms with van der Waals surface area (Å²) >= 11 is 0. The van der Waals surface area contributed by atoms with E-state index in [2.05, 4.69) is 10.1 Å². The van der Waals surface area contributed by atoms with Gasteiger partial charge in [-0.3, -0.25) is 0 Å². The SMILES string of the molecule is Cc1ccccc1-c1noc(COC(=O)c2ccc(COc3ccc(F)cc3)o2)n1. The van der Waals surface area contributed by atoms with Crippen LogP contribution in [0.5, 0.6) is 5.75 Å². The highest BCUT2D eigenvalue weighted by molar-refractivity contribution is 5.86. The number of ether oxygens (including phenoxy) is 2. The molecule has 0 atom stereocenters. The van der Waals surface area contributed by atoms with Gasteiger partial charge in [-0.25, -0.2) is 9.18 Å². The summed E-state index contributed by atoms with van der Waals surface area (Å²) in [4.78, 5) is 16.4. The number of esters is 1. The largest absolute Gasteiger partial charge is 0.486 e. The molecule has 0 spiro atoms. The van der Waals surface area contributed by atoms with Crippen LogP contribution in [0.4, 0.5) is 4.39 Å². The van der Waals surface area contributed by atoms with Crippen molar-refractivity contribution >= 4 is 5.97 Å². The monoisotopic (exact) mass is 408 g/mol. The average molecular weight is 408 g/mol. The van der Waals surface area contributed by atoms with E-state index >= 15 is 0 Å². The summed E-state index contributed by atoms with van der Waals surface area (Å²) in [6.07, 6.45) is 0. The van der Waals surface area contributed by atoms with Crippen molar-refractivity contribution in [2.45, 2.75) is 20.1 Å². The minimum absolute atomic E-state index is 0.0198. The van der Waals surface area contributed by atoms with Gasteiger partial charge in [0.15, 0.2) is 6.61 Å². The molecule has 0 radical (unpaired) electrons. The van der Waals surface area contributed by atoms with Crippen molar-refractivity contribution in [2.75, 3.05) is 0 Å². The lowest BCUT2D eigenvalue weighted by Gasteiger charge is -2.03. The molecule has 8 heteroatoms. The zero-order valence-electron chi connectivity index (χ0n) is 16.0. The van der Waals surface area contributed by atoms with Gasteiger partial charge in [0.2, 0.25) is 11.6 Å². The summed E-state index contributed by atoms with van der Waals surface area (Å²) in [6.45, 7) is 1.85. The van der Waals surface area contributed by atoms with E-state index in [-0.39, 0.29) is 30.7 Å². The molecular weight excluding hydrogens is 391 g/mol. The van der Waals surface area contributed by atoms with Gasteiger partial charge in [-0.2, -0.15) is 4.98 Å². The molecule has 0 aliphatic rings. The van der Waals surface area contributed by atoms with E-state index in [1.165, 1.54) is 30.3 Å². The molecule has 2 aromatic carbocycles. The van der Waals surface area contributed by atoms with Crippen LogP contribution in [0.3, 0.4) is 0 Å². The van der Waals surface area contributed by atoms with Gasteiger partial charge in [0, 0.05) is 5.56 Å². The van der Waals surface area contributed by atoms with E-state index in [0.717, 1.165) is 11.1 Å². The Bertz CT molecular complexity index is 1150. The summed E-state index contributed by atoms with van der Waals surface area (Å²) in [5.74, 6) is 0.511. The second-order valence-electron chi connectivity index (χ2n) is 6.41. The molecule has 2 aromatic heterocycles. The van der Waals surface area contributed by atoms with Crippen molar-refractivity contribution in [3.8, 4) is 17.1 Å². The molecule has 2 heterocycles. The summed E-state index contributed by atoms with van der Waals surface area (Å²) in [5, 5.41) is 3.92. The molecule has 4 aromatic rings.